The number of nitrogens with one attached hydrogen (secondary N) is 2. The number of methoxy groups -OCH3 is 4. The van der Waals surface area contributed by atoms with E-state index in [9.17, 15) is 9.59 Å². The average Bonchev–Trinajstić information content (AvgIpc) is 3.48. The molecule has 1 aliphatic heterocycles. The van der Waals surface area contributed by atoms with Gasteiger partial charge in [0.1, 0.15) is 5.69 Å². The number of H-pyrrole nitrogens is 1. The van der Waals surface area contributed by atoms with Crippen LogP contribution in [0.15, 0.2) is 18.2 Å². The van der Waals surface area contributed by atoms with Crippen LogP contribution >= 0.6 is 11.3 Å². The number of fused-ring (bicyclic) bond motifs is 1. The molecule has 3 aromatic rings. The fraction of sp³-hybridized carbons (Fsp3) is 0.333. The van der Waals surface area contributed by atoms with Crippen molar-refractivity contribution >= 4 is 28.5 Å². The lowest BCUT2D eigenvalue weighted by molar-refractivity contribution is 0.0730. The molecule has 33 heavy (non-hydrogen) atoms. The zero-order valence-electron chi connectivity index (χ0n) is 18.6. The number of rotatable bonds is 6. The smallest absolute Gasteiger partial charge is 0.413 e. The second-order valence-electron chi connectivity index (χ2n) is 7.06. The van der Waals surface area contributed by atoms with E-state index in [0.717, 1.165) is 10.6 Å². The summed E-state index contributed by atoms with van der Waals surface area (Å²) in [6.07, 6.45) is 0.0136. The minimum atomic E-state index is -0.578. The molecule has 0 spiro atoms. The molecule has 0 aliphatic carbocycles. The van der Waals surface area contributed by atoms with E-state index in [1.54, 1.807) is 23.1 Å². The van der Waals surface area contributed by atoms with Gasteiger partial charge in [0.25, 0.3) is 5.91 Å². The van der Waals surface area contributed by atoms with Crippen molar-refractivity contribution < 1.29 is 28.5 Å². The average molecular weight is 474 g/mol. The van der Waals surface area contributed by atoms with Gasteiger partial charge in [0.15, 0.2) is 16.6 Å². The predicted octanol–water partition coefficient (Wildman–Crippen LogP) is 2.94. The molecule has 0 bridgehead atoms. The zero-order chi connectivity index (χ0) is 23.5. The molecule has 0 radical (unpaired) electrons. The third-order valence-corrected chi connectivity index (χ3v) is 6.18. The number of nitrogens with zero attached hydrogens (tertiary/aromatic N) is 3. The number of thiazole rings is 1. The summed E-state index contributed by atoms with van der Waals surface area (Å²) in [7, 11) is 5.90. The Hall–Kier alpha value is -3.80. The van der Waals surface area contributed by atoms with Crippen molar-refractivity contribution in [2.45, 2.75) is 13.0 Å². The first-order valence-electron chi connectivity index (χ1n) is 9.96. The van der Waals surface area contributed by atoms with Crippen molar-refractivity contribution in [3.63, 3.8) is 0 Å². The first-order valence-corrected chi connectivity index (χ1v) is 10.8. The van der Waals surface area contributed by atoms with Crippen LogP contribution in [0, 0.1) is 0 Å². The van der Waals surface area contributed by atoms with Crippen molar-refractivity contribution in [2.24, 2.45) is 0 Å². The molecule has 1 aliphatic rings. The molecule has 11 nitrogen and oxygen atoms in total. The Balaban J connectivity index is 1.53. The lowest BCUT2D eigenvalue weighted by Gasteiger charge is -2.25. The van der Waals surface area contributed by atoms with Gasteiger partial charge in [0, 0.05) is 23.4 Å². The lowest BCUT2D eigenvalue weighted by atomic mass is 10.1. The van der Waals surface area contributed by atoms with E-state index < -0.39 is 6.09 Å². The summed E-state index contributed by atoms with van der Waals surface area (Å²) in [5.41, 5.74) is 2.51. The highest BCUT2D eigenvalue weighted by molar-refractivity contribution is 7.15. The molecular formula is C21H23N5O6S. The summed E-state index contributed by atoms with van der Waals surface area (Å²) in [4.78, 5) is 31.6. The van der Waals surface area contributed by atoms with Crippen molar-refractivity contribution in [1.29, 1.82) is 0 Å². The van der Waals surface area contributed by atoms with Crippen LogP contribution in [0.5, 0.6) is 17.2 Å². The lowest BCUT2D eigenvalue weighted by Crippen LogP contribution is -2.35. The maximum Gasteiger partial charge on any atom is 0.413 e. The number of aromatic amines is 1. The largest absolute Gasteiger partial charge is 0.493 e. The molecule has 0 saturated carbocycles. The van der Waals surface area contributed by atoms with Gasteiger partial charge in [-0.3, -0.25) is 15.2 Å². The third kappa shape index (κ3) is 4.42. The van der Waals surface area contributed by atoms with Crippen LogP contribution in [-0.4, -0.2) is 67.1 Å². The second-order valence-corrected chi connectivity index (χ2v) is 8.15. The second kappa shape index (κ2) is 9.36. The van der Waals surface area contributed by atoms with E-state index >= 15 is 0 Å². The highest BCUT2D eigenvalue weighted by atomic mass is 32.1. The van der Waals surface area contributed by atoms with E-state index in [1.165, 1.54) is 39.8 Å². The van der Waals surface area contributed by atoms with Gasteiger partial charge in [-0.25, -0.2) is 9.78 Å². The number of ether oxygens (including phenoxy) is 4. The van der Waals surface area contributed by atoms with Gasteiger partial charge in [-0.2, -0.15) is 5.10 Å². The molecule has 0 atom stereocenters. The minimum Gasteiger partial charge on any atom is -0.493 e. The molecule has 3 heterocycles. The normalized spacial score (nSPS) is 12.7. The summed E-state index contributed by atoms with van der Waals surface area (Å²) in [6, 6.07) is 5.23. The number of carbonyl (C=O) groups excluding carboxylic acids is 2. The molecule has 2 N–H and O–H groups in total. The minimum absolute atomic E-state index is 0.178. The van der Waals surface area contributed by atoms with Crippen LogP contribution < -0.4 is 19.5 Å². The number of anilines is 1. The molecule has 12 heteroatoms. The first-order chi connectivity index (χ1) is 16.0. The summed E-state index contributed by atoms with van der Waals surface area (Å²) in [6.45, 7) is 0.902. The SMILES string of the molecule is COC(=O)Nc1nc2c(s1)CN(C(=O)c1cc(-c3cc(OC)c(OC)c(OC)c3)n[nH]1)CC2. The van der Waals surface area contributed by atoms with Crippen molar-refractivity contribution in [3.8, 4) is 28.5 Å². The predicted molar refractivity (Wildman–Crippen MR) is 120 cm³/mol. The maximum atomic E-state index is 13.1. The van der Waals surface area contributed by atoms with E-state index in [-0.39, 0.29) is 5.91 Å². The van der Waals surface area contributed by atoms with Crippen molar-refractivity contribution in [1.82, 2.24) is 20.1 Å². The Morgan fingerprint density at radius 3 is 2.45 bits per heavy atom. The summed E-state index contributed by atoms with van der Waals surface area (Å²) >= 11 is 1.33. The van der Waals surface area contributed by atoms with Gasteiger partial charge >= 0.3 is 6.09 Å². The molecule has 0 unspecified atom stereocenters. The highest BCUT2D eigenvalue weighted by Gasteiger charge is 2.27. The molecular weight excluding hydrogens is 450 g/mol. The number of hydrogen-bond acceptors (Lipinski definition) is 9. The van der Waals surface area contributed by atoms with Gasteiger partial charge in [0.05, 0.1) is 46.4 Å². The van der Waals surface area contributed by atoms with Crippen molar-refractivity contribution in [2.75, 3.05) is 40.3 Å². The van der Waals surface area contributed by atoms with Crippen LogP contribution in [-0.2, 0) is 17.7 Å². The van der Waals surface area contributed by atoms with Crippen molar-refractivity contribution in [3.05, 3.63) is 34.5 Å². The van der Waals surface area contributed by atoms with Crippen LogP contribution in [0.1, 0.15) is 21.1 Å². The number of benzene rings is 1. The maximum absolute atomic E-state index is 13.1. The van der Waals surface area contributed by atoms with Gasteiger partial charge in [-0.05, 0) is 18.2 Å². The highest BCUT2D eigenvalue weighted by Crippen LogP contribution is 2.41. The Morgan fingerprint density at radius 2 is 1.82 bits per heavy atom. The molecule has 1 aromatic carbocycles. The summed E-state index contributed by atoms with van der Waals surface area (Å²) in [5.74, 6) is 1.29. The molecule has 2 amide bonds. The monoisotopic (exact) mass is 473 g/mol. The third-order valence-electron chi connectivity index (χ3n) is 5.18. The van der Waals surface area contributed by atoms with Gasteiger partial charge in [0.2, 0.25) is 5.75 Å². The molecule has 174 valence electrons. The number of aromatic nitrogens is 3. The number of carbonyl (C=O) groups is 2. The molecule has 0 fully saturated rings. The fourth-order valence-corrected chi connectivity index (χ4v) is 4.55. The van der Waals surface area contributed by atoms with E-state index in [1.807, 2.05) is 0 Å². The first kappa shape index (κ1) is 22.4. The Morgan fingerprint density at radius 1 is 1.09 bits per heavy atom. The van der Waals surface area contributed by atoms with Gasteiger partial charge < -0.3 is 23.8 Å². The molecule has 4 rings (SSSR count). The Kier molecular flexibility index (Phi) is 6.36. The van der Waals surface area contributed by atoms with Crippen LogP contribution in [0.2, 0.25) is 0 Å². The van der Waals surface area contributed by atoms with E-state index in [4.69, 9.17) is 14.2 Å². The van der Waals surface area contributed by atoms with Crippen LogP contribution in [0.3, 0.4) is 0 Å². The summed E-state index contributed by atoms with van der Waals surface area (Å²) in [5, 5.41) is 10.2. The Bertz CT molecular complexity index is 1160. The number of hydrogen-bond donors (Lipinski definition) is 2. The number of amides is 2. The fourth-order valence-electron chi connectivity index (χ4n) is 3.54. The topological polar surface area (TPSA) is 128 Å². The van der Waals surface area contributed by atoms with Crippen LogP contribution in [0.25, 0.3) is 11.3 Å². The quantitative estimate of drug-likeness (QED) is 0.559. The standard InChI is InChI=1S/C21H23N5O6S/c1-29-15-7-11(8-16(30-2)18(15)31-3)13-9-14(25-24-13)19(27)26-6-5-12-17(10-26)33-20(22-12)23-21(28)32-4/h7-9H,5-6,10H2,1-4H3,(H,24,25)(H,22,23,28). The summed E-state index contributed by atoms with van der Waals surface area (Å²) < 4.78 is 20.8. The van der Waals surface area contributed by atoms with Gasteiger partial charge in [-0.15, -0.1) is 0 Å². The molecule has 0 saturated heterocycles. The zero-order valence-corrected chi connectivity index (χ0v) is 19.4. The van der Waals surface area contributed by atoms with Gasteiger partial charge in [-0.1, -0.05) is 11.3 Å². The Labute approximate surface area is 193 Å². The van der Waals surface area contributed by atoms with E-state index in [0.29, 0.717) is 58.8 Å². The molecule has 2 aromatic heterocycles. The van der Waals surface area contributed by atoms with E-state index in [2.05, 4.69) is 25.2 Å². The van der Waals surface area contributed by atoms with Crippen LogP contribution in [0.4, 0.5) is 9.93 Å².